The van der Waals surface area contributed by atoms with E-state index in [1.807, 2.05) is 18.2 Å². The van der Waals surface area contributed by atoms with Gasteiger partial charge in [0.05, 0.1) is 11.5 Å². The van der Waals surface area contributed by atoms with Crippen LogP contribution in [-0.4, -0.2) is 33.1 Å². The summed E-state index contributed by atoms with van der Waals surface area (Å²) in [5.74, 6) is 7.82. The van der Waals surface area contributed by atoms with E-state index in [-0.39, 0.29) is 23.5 Å². The van der Waals surface area contributed by atoms with Crippen LogP contribution in [0, 0.1) is 5.92 Å². The van der Waals surface area contributed by atoms with E-state index >= 15 is 0 Å². The summed E-state index contributed by atoms with van der Waals surface area (Å²) in [6.07, 6.45) is 1.42. The van der Waals surface area contributed by atoms with Gasteiger partial charge < -0.3 is 9.47 Å². The lowest BCUT2D eigenvalue weighted by atomic mass is 9.94. The van der Waals surface area contributed by atoms with Gasteiger partial charge in [-0.2, -0.15) is 0 Å². The van der Waals surface area contributed by atoms with Crippen LogP contribution in [0.5, 0.6) is 11.5 Å². The van der Waals surface area contributed by atoms with Crippen molar-refractivity contribution in [3.63, 3.8) is 0 Å². The monoisotopic (exact) mass is 312 g/mol. The van der Waals surface area contributed by atoms with Crippen molar-refractivity contribution in [1.82, 2.24) is 5.43 Å². The second-order valence-electron chi connectivity index (χ2n) is 5.63. The molecule has 2 atom stereocenters. The van der Waals surface area contributed by atoms with Gasteiger partial charge in [-0.1, -0.05) is 6.07 Å². The number of nitrogens with two attached hydrogens (primary N) is 1. The standard InChI is InChI=1S/C14H20N2O4S/c15-16-12(7-10-3-6-21(17,18)9-10)11-1-2-13-14(8-11)20-5-4-19-13/h1-2,8,10,12,16H,3-7,9,15H2. The van der Waals surface area contributed by atoms with E-state index in [1.165, 1.54) is 0 Å². The summed E-state index contributed by atoms with van der Waals surface area (Å²) in [7, 11) is -2.86. The summed E-state index contributed by atoms with van der Waals surface area (Å²) in [6, 6.07) is 5.66. The molecule has 0 amide bonds. The molecule has 2 aliphatic rings. The molecular formula is C14H20N2O4S. The van der Waals surface area contributed by atoms with Crippen molar-refractivity contribution in [3.8, 4) is 11.5 Å². The van der Waals surface area contributed by atoms with Gasteiger partial charge in [0, 0.05) is 6.04 Å². The summed E-state index contributed by atoms with van der Waals surface area (Å²) in [6.45, 7) is 1.10. The summed E-state index contributed by atoms with van der Waals surface area (Å²) >= 11 is 0. The molecule has 1 fully saturated rings. The van der Waals surface area contributed by atoms with Crippen molar-refractivity contribution in [2.45, 2.75) is 18.9 Å². The first-order valence-electron chi connectivity index (χ1n) is 7.13. The summed E-state index contributed by atoms with van der Waals surface area (Å²) in [5, 5.41) is 0. The molecule has 2 aliphatic heterocycles. The average molecular weight is 312 g/mol. The van der Waals surface area contributed by atoms with Gasteiger partial charge in [0.1, 0.15) is 13.2 Å². The summed E-state index contributed by atoms with van der Waals surface area (Å²) in [5.41, 5.74) is 3.78. The van der Waals surface area contributed by atoms with Crippen LogP contribution in [0.4, 0.5) is 0 Å². The van der Waals surface area contributed by atoms with Crippen LogP contribution in [0.25, 0.3) is 0 Å². The quantitative estimate of drug-likeness (QED) is 0.631. The van der Waals surface area contributed by atoms with Crippen molar-refractivity contribution >= 4 is 9.84 Å². The number of fused-ring (bicyclic) bond motifs is 1. The number of hydrazine groups is 1. The molecule has 1 aromatic carbocycles. The Kier molecular flexibility index (Phi) is 4.05. The Morgan fingerprint density at radius 3 is 2.71 bits per heavy atom. The third-order valence-electron chi connectivity index (χ3n) is 4.07. The molecule has 0 aromatic heterocycles. The fourth-order valence-electron chi connectivity index (χ4n) is 2.97. The van der Waals surface area contributed by atoms with Crippen molar-refractivity contribution in [2.75, 3.05) is 24.7 Å². The number of rotatable bonds is 4. The van der Waals surface area contributed by atoms with Crippen LogP contribution in [0.1, 0.15) is 24.4 Å². The molecular weight excluding hydrogens is 292 g/mol. The Balaban J connectivity index is 1.74. The number of benzene rings is 1. The second-order valence-corrected chi connectivity index (χ2v) is 7.86. The molecule has 116 valence electrons. The predicted molar refractivity (Wildman–Crippen MR) is 78.9 cm³/mol. The van der Waals surface area contributed by atoms with E-state index in [0.29, 0.717) is 26.1 Å². The average Bonchev–Trinajstić information content (AvgIpc) is 2.83. The third-order valence-corrected chi connectivity index (χ3v) is 5.90. The van der Waals surface area contributed by atoms with E-state index in [0.717, 1.165) is 17.1 Å². The molecule has 3 rings (SSSR count). The molecule has 3 N–H and O–H groups in total. The predicted octanol–water partition coefficient (Wildman–Crippen LogP) is 0.787. The zero-order chi connectivity index (χ0) is 14.9. The minimum absolute atomic E-state index is 0.0841. The molecule has 7 heteroatoms. The van der Waals surface area contributed by atoms with Crippen LogP contribution in [-0.2, 0) is 9.84 Å². The lowest BCUT2D eigenvalue weighted by Crippen LogP contribution is -2.30. The normalized spacial score (nSPS) is 24.7. The molecule has 2 heterocycles. The fraction of sp³-hybridized carbons (Fsp3) is 0.571. The molecule has 0 saturated carbocycles. The smallest absolute Gasteiger partial charge is 0.161 e. The van der Waals surface area contributed by atoms with Crippen molar-refractivity contribution < 1.29 is 17.9 Å². The number of hydrogen-bond acceptors (Lipinski definition) is 6. The maximum atomic E-state index is 11.6. The highest BCUT2D eigenvalue weighted by atomic mass is 32.2. The summed E-state index contributed by atoms with van der Waals surface area (Å²) in [4.78, 5) is 0. The van der Waals surface area contributed by atoms with Crippen LogP contribution < -0.4 is 20.7 Å². The molecule has 1 aromatic rings. The highest BCUT2D eigenvalue weighted by Crippen LogP contribution is 2.35. The highest BCUT2D eigenvalue weighted by molar-refractivity contribution is 7.91. The zero-order valence-electron chi connectivity index (χ0n) is 11.7. The number of sulfone groups is 1. The van der Waals surface area contributed by atoms with Crippen molar-refractivity contribution in [1.29, 1.82) is 0 Å². The molecule has 0 spiro atoms. The first-order chi connectivity index (χ1) is 10.1. The van der Waals surface area contributed by atoms with Crippen molar-refractivity contribution in [2.24, 2.45) is 11.8 Å². The van der Waals surface area contributed by atoms with E-state index < -0.39 is 9.84 Å². The van der Waals surface area contributed by atoms with Crippen molar-refractivity contribution in [3.05, 3.63) is 23.8 Å². The molecule has 0 aliphatic carbocycles. The van der Waals surface area contributed by atoms with Gasteiger partial charge in [0.15, 0.2) is 21.3 Å². The van der Waals surface area contributed by atoms with Crippen LogP contribution >= 0.6 is 0 Å². The Morgan fingerprint density at radius 2 is 2.05 bits per heavy atom. The van der Waals surface area contributed by atoms with Gasteiger partial charge in [0.25, 0.3) is 0 Å². The first-order valence-corrected chi connectivity index (χ1v) is 8.95. The van der Waals surface area contributed by atoms with Gasteiger partial charge in [-0.25, -0.2) is 8.42 Å². The highest BCUT2D eigenvalue weighted by Gasteiger charge is 2.30. The van der Waals surface area contributed by atoms with Gasteiger partial charge in [-0.3, -0.25) is 11.3 Å². The Bertz CT molecular complexity index is 617. The lowest BCUT2D eigenvalue weighted by molar-refractivity contribution is 0.171. The molecule has 0 bridgehead atoms. The second kappa shape index (κ2) is 5.82. The SMILES string of the molecule is NNC(CC1CCS(=O)(=O)C1)c1ccc2c(c1)OCCO2. The summed E-state index contributed by atoms with van der Waals surface area (Å²) < 4.78 is 34.2. The van der Waals surface area contributed by atoms with Gasteiger partial charge in [-0.05, 0) is 36.5 Å². The minimum Gasteiger partial charge on any atom is -0.486 e. The van der Waals surface area contributed by atoms with Crippen LogP contribution in [0.2, 0.25) is 0 Å². The Labute approximate surface area is 124 Å². The van der Waals surface area contributed by atoms with Gasteiger partial charge >= 0.3 is 0 Å². The largest absolute Gasteiger partial charge is 0.486 e. The minimum atomic E-state index is -2.86. The lowest BCUT2D eigenvalue weighted by Gasteiger charge is -2.23. The number of hydrogen-bond donors (Lipinski definition) is 2. The van der Waals surface area contributed by atoms with Gasteiger partial charge in [-0.15, -0.1) is 0 Å². The molecule has 0 radical (unpaired) electrons. The van der Waals surface area contributed by atoms with E-state index in [1.54, 1.807) is 0 Å². The van der Waals surface area contributed by atoms with E-state index in [4.69, 9.17) is 15.3 Å². The van der Waals surface area contributed by atoms with Crippen LogP contribution in [0.3, 0.4) is 0 Å². The maximum absolute atomic E-state index is 11.6. The Hall–Kier alpha value is -1.31. The molecule has 1 saturated heterocycles. The fourth-order valence-corrected chi connectivity index (χ4v) is 4.85. The maximum Gasteiger partial charge on any atom is 0.161 e. The molecule has 6 nitrogen and oxygen atoms in total. The van der Waals surface area contributed by atoms with Crippen LogP contribution in [0.15, 0.2) is 18.2 Å². The number of nitrogens with one attached hydrogen (secondary N) is 1. The van der Waals surface area contributed by atoms with E-state index in [2.05, 4.69) is 5.43 Å². The first kappa shape index (κ1) is 14.6. The molecule has 2 unspecified atom stereocenters. The van der Waals surface area contributed by atoms with E-state index in [9.17, 15) is 8.42 Å². The Morgan fingerprint density at radius 1 is 1.29 bits per heavy atom. The third kappa shape index (κ3) is 3.30. The van der Waals surface area contributed by atoms with Gasteiger partial charge in [0.2, 0.25) is 0 Å². The number of ether oxygens (including phenoxy) is 2. The zero-order valence-corrected chi connectivity index (χ0v) is 12.6. The molecule has 21 heavy (non-hydrogen) atoms. The topological polar surface area (TPSA) is 90.7 Å².